The van der Waals surface area contributed by atoms with Gasteiger partial charge in [0.15, 0.2) is 0 Å². The maximum atomic E-state index is 11.7. The molecule has 0 amide bonds. The zero-order chi connectivity index (χ0) is 7.78. The van der Waals surface area contributed by atoms with Gasteiger partial charge in [0.05, 0.1) is 22.9 Å². The molecule has 0 fully saturated rings. The van der Waals surface area contributed by atoms with E-state index in [4.69, 9.17) is 0 Å². The molecular weight excluding hydrogens is 264 g/mol. The molecule has 0 aromatic carbocycles. The summed E-state index contributed by atoms with van der Waals surface area (Å²) in [5.74, 6) is -1.10. The average Bonchev–Trinajstić information content (AvgIpc) is 2.11. The molecule has 0 aliphatic carbocycles. The Kier molecular flexibility index (Phi) is 1.79. The fourth-order valence-corrected chi connectivity index (χ4v) is 0.794. The van der Waals surface area contributed by atoms with Crippen LogP contribution in [0.25, 0.3) is 0 Å². The van der Waals surface area contributed by atoms with Gasteiger partial charge in [-0.3, -0.25) is 0 Å². The predicted molar refractivity (Wildman–Crippen MR) is 32.2 cm³/mol. The van der Waals surface area contributed by atoms with Crippen molar-refractivity contribution in [1.29, 1.82) is 0 Å². The largest absolute Gasteiger partial charge is 0.454 e. The number of nitrogens with zero attached hydrogens (tertiary/aromatic N) is 4. The van der Waals surface area contributed by atoms with Crippen LogP contribution in [0.15, 0.2) is 0 Å². The normalized spacial score (nSPS) is 12.0. The molecule has 0 aliphatic rings. The van der Waals surface area contributed by atoms with Crippen molar-refractivity contribution >= 4 is 22.9 Å². The van der Waals surface area contributed by atoms with Crippen LogP contribution in [-0.2, 0) is 6.18 Å². The third-order valence-corrected chi connectivity index (χ3v) is 1.34. The Hall–Kier alpha value is -0.410. The third kappa shape index (κ3) is 1.36. The molecule has 56 valence electrons. The van der Waals surface area contributed by atoms with Gasteiger partial charge in [0.1, 0.15) is 0 Å². The third-order valence-electron chi connectivity index (χ3n) is 0.686. The van der Waals surface area contributed by atoms with Crippen molar-refractivity contribution in [2.75, 3.05) is 0 Å². The minimum absolute atomic E-state index is 0.539. The molecule has 1 aromatic rings. The molecule has 8 heteroatoms. The predicted octanol–water partition coefficient (Wildman–Crippen LogP) is 0.890. The molecule has 0 radical (unpaired) electrons. The number of rotatable bonds is 0. The first-order valence-corrected chi connectivity index (χ1v) is 3.00. The summed E-state index contributed by atoms with van der Waals surface area (Å²) in [5, 5.41) is 8.59. The molecule has 0 saturated heterocycles. The zero-order valence-corrected chi connectivity index (χ0v) is 6.46. The van der Waals surface area contributed by atoms with E-state index in [9.17, 15) is 13.2 Å². The second-order valence-electron chi connectivity index (χ2n) is 1.36. The Morgan fingerprint density at radius 1 is 1.40 bits per heavy atom. The van der Waals surface area contributed by atoms with Gasteiger partial charge in [-0.05, 0) is 10.4 Å². The molecule has 4 nitrogen and oxygen atoms in total. The molecule has 1 heterocycles. The first kappa shape index (κ1) is 7.69. The number of tetrazole rings is 1. The van der Waals surface area contributed by atoms with Crippen LogP contribution in [0, 0.1) is 0 Å². The minimum atomic E-state index is -4.47. The van der Waals surface area contributed by atoms with Gasteiger partial charge in [-0.15, -0.1) is 5.10 Å². The first-order chi connectivity index (χ1) is 4.52. The van der Waals surface area contributed by atoms with Gasteiger partial charge in [0.2, 0.25) is 0 Å². The van der Waals surface area contributed by atoms with Gasteiger partial charge in [-0.1, -0.05) is 0 Å². The summed E-state index contributed by atoms with van der Waals surface area (Å²) in [6, 6.07) is 0. The molecule has 0 atom stereocenters. The fourth-order valence-electron chi connectivity index (χ4n) is 0.338. The average molecular weight is 264 g/mol. The number of halogens is 4. The highest BCUT2D eigenvalue weighted by Crippen LogP contribution is 2.27. The summed E-state index contributed by atoms with van der Waals surface area (Å²) in [6.45, 7) is 0. The molecule has 1 aromatic heterocycles. The quantitative estimate of drug-likeness (QED) is 0.653. The summed E-state index contributed by atoms with van der Waals surface area (Å²) in [7, 11) is 0. The summed E-state index contributed by atoms with van der Waals surface area (Å²) in [4.78, 5) is 0. The van der Waals surface area contributed by atoms with Gasteiger partial charge in [0.25, 0.3) is 5.82 Å². The van der Waals surface area contributed by atoms with Crippen molar-refractivity contribution in [3.63, 3.8) is 0 Å². The number of hydrogen-bond acceptors (Lipinski definition) is 3. The highest BCUT2D eigenvalue weighted by Gasteiger charge is 2.37. The Morgan fingerprint density at radius 2 is 2.00 bits per heavy atom. The van der Waals surface area contributed by atoms with E-state index in [1.807, 2.05) is 0 Å². The molecular formula is C2F3IN4. The van der Waals surface area contributed by atoms with Crippen molar-refractivity contribution in [1.82, 2.24) is 18.4 Å². The summed E-state index contributed by atoms with van der Waals surface area (Å²) in [6.07, 6.45) is -4.47. The Balaban J connectivity index is 3.05. The number of alkyl halides is 3. The maximum absolute atomic E-state index is 11.7. The Labute approximate surface area is 66.9 Å². The van der Waals surface area contributed by atoms with Crippen LogP contribution >= 0.6 is 22.9 Å². The van der Waals surface area contributed by atoms with Crippen LogP contribution in [-0.4, -0.2) is 18.4 Å². The van der Waals surface area contributed by atoms with Crippen LogP contribution < -0.4 is 0 Å². The Bertz CT molecular complexity index is 229. The Morgan fingerprint density at radius 3 is 2.20 bits per heavy atom. The van der Waals surface area contributed by atoms with Crippen LogP contribution in [0.3, 0.4) is 0 Å². The van der Waals surface area contributed by atoms with Gasteiger partial charge in [-0.25, -0.2) is 0 Å². The maximum Gasteiger partial charge on any atom is 0.454 e. The molecule has 0 N–H and O–H groups in total. The van der Waals surface area contributed by atoms with Crippen molar-refractivity contribution in [2.45, 2.75) is 6.18 Å². The fraction of sp³-hybridized carbons (Fsp3) is 0.500. The highest BCUT2D eigenvalue weighted by atomic mass is 127. The lowest BCUT2D eigenvalue weighted by Gasteiger charge is -1.99. The molecule has 0 unspecified atom stereocenters. The molecule has 0 spiro atoms. The van der Waals surface area contributed by atoms with Crippen molar-refractivity contribution in [3.05, 3.63) is 5.82 Å². The molecule has 0 bridgehead atoms. The summed E-state index contributed by atoms with van der Waals surface area (Å²) in [5.41, 5.74) is 0. The second kappa shape index (κ2) is 2.32. The lowest BCUT2D eigenvalue weighted by molar-refractivity contribution is -0.145. The van der Waals surface area contributed by atoms with E-state index in [0.29, 0.717) is 2.90 Å². The highest BCUT2D eigenvalue weighted by molar-refractivity contribution is 14.1. The lowest BCUT2D eigenvalue weighted by atomic mass is 10.6. The van der Waals surface area contributed by atoms with Gasteiger partial charge in [0, 0.05) is 0 Å². The van der Waals surface area contributed by atoms with E-state index >= 15 is 0 Å². The SMILES string of the molecule is FC(F)(F)c1nnnn1I. The topological polar surface area (TPSA) is 43.6 Å². The lowest BCUT2D eigenvalue weighted by Crippen LogP contribution is -2.10. The van der Waals surface area contributed by atoms with E-state index in [2.05, 4.69) is 15.5 Å². The monoisotopic (exact) mass is 264 g/mol. The summed E-state index contributed by atoms with van der Waals surface area (Å²) >= 11 is 1.34. The summed E-state index contributed by atoms with van der Waals surface area (Å²) < 4.78 is 35.7. The van der Waals surface area contributed by atoms with Gasteiger partial charge >= 0.3 is 6.18 Å². The molecule has 0 aliphatic heterocycles. The second-order valence-corrected chi connectivity index (χ2v) is 2.27. The van der Waals surface area contributed by atoms with E-state index < -0.39 is 12.0 Å². The van der Waals surface area contributed by atoms with Gasteiger partial charge < -0.3 is 0 Å². The van der Waals surface area contributed by atoms with Crippen LogP contribution in [0.2, 0.25) is 0 Å². The minimum Gasteiger partial charge on any atom is -0.163 e. The van der Waals surface area contributed by atoms with Crippen molar-refractivity contribution < 1.29 is 13.2 Å². The zero-order valence-electron chi connectivity index (χ0n) is 4.30. The van der Waals surface area contributed by atoms with E-state index in [-0.39, 0.29) is 0 Å². The standard InChI is InChI=1S/C2F3IN4/c3-2(4,5)1-7-8-9-10(1)6. The first-order valence-electron chi connectivity index (χ1n) is 2.03. The van der Waals surface area contributed by atoms with Crippen LogP contribution in [0.4, 0.5) is 13.2 Å². The molecule has 0 saturated carbocycles. The number of hydrogen-bond donors (Lipinski definition) is 0. The van der Waals surface area contributed by atoms with E-state index in [1.165, 1.54) is 22.9 Å². The van der Waals surface area contributed by atoms with Gasteiger partial charge in [-0.2, -0.15) is 16.1 Å². The van der Waals surface area contributed by atoms with Crippen molar-refractivity contribution in [2.24, 2.45) is 0 Å². The molecule has 1 rings (SSSR count). The number of aromatic nitrogens is 4. The van der Waals surface area contributed by atoms with E-state index in [1.54, 1.807) is 0 Å². The smallest absolute Gasteiger partial charge is 0.163 e. The van der Waals surface area contributed by atoms with Crippen molar-refractivity contribution in [3.8, 4) is 0 Å². The van der Waals surface area contributed by atoms with E-state index in [0.717, 1.165) is 0 Å². The van der Waals surface area contributed by atoms with Crippen LogP contribution in [0.5, 0.6) is 0 Å². The molecule has 10 heavy (non-hydrogen) atoms. The van der Waals surface area contributed by atoms with Crippen LogP contribution in [0.1, 0.15) is 5.82 Å².